The maximum absolute atomic E-state index is 12.2. The lowest BCUT2D eigenvalue weighted by molar-refractivity contribution is -0.532. The molecule has 96 valence electrons. The molecule has 0 aromatic carbocycles. The Morgan fingerprint density at radius 2 is 1.67 bits per heavy atom. The van der Waals surface area contributed by atoms with E-state index < -0.39 is 0 Å². The Morgan fingerprint density at radius 3 is 2.28 bits per heavy atom. The Balaban J connectivity index is 1.64. The molecule has 4 nitrogen and oxygen atoms in total. The number of carbonyl (C=O) groups excluding carboxylic acids is 2. The van der Waals surface area contributed by atoms with Crippen LogP contribution in [0.5, 0.6) is 0 Å². The zero-order chi connectivity index (χ0) is 12.4. The number of carbonyl (C=O) groups is 2. The van der Waals surface area contributed by atoms with Crippen LogP contribution in [0, 0.1) is 46.3 Å². The Hall–Kier alpha value is -1.06. The van der Waals surface area contributed by atoms with Crippen molar-refractivity contribution in [1.82, 2.24) is 0 Å². The van der Waals surface area contributed by atoms with Crippen LogP contribution in [0.25, 0.3) is 0 Å². The van der Waals surface area contributed by atoms with E-state index in [2.05, 4.69) is 0 Å². The van der Waals surface area contributed by atoms with Crippen molar-refractivity contribution in [2.24, 2.45) is 46.3 Å². The number of ether oxygens (including phenoxy) is 2. The van der Waals surface area contributed by atoms with Crippen LogP contribution >= 0.6 is 0 Å². The average Bonchev–Trinajstić information content (AvgIpc) is 2.36. The van der Waals surface area contributed by atoms with E-state index in [4.69, 9.17) is 9.47 Å². The molecule has 0 radical (unpaired) electrons. The van der Waals surface area contributed by atoms with Gasteiger partial charge in [-0.05, 0) is 48.3 Å². The lowest BCUT2D eigenvalue weighted by Gasteiger charge is -2.99. The molecule has 6 aliphatic carbocycles. The summed E-state index contributed by atoms with van der Waals surface area (Å²) in [6.07, 6.45) is 2.35. The number of esters is 2. The van der Waals surface area contributed by atoms with Crippen LogP contribution < -0.4 is 0 Å². The average molecular weight is 248 g/mol. The minimum Gasteiger partial charge on any atom is -0.469 e. The zero-order valence-electron chi connectivity index (χ0n) is 10.5. The zero-order valence-corrected chi connectivity index (χ0v) is 10.5. The van der Waals surface area contributed by atoms with Crippen LogP contribution in [-0.2, 0) is 19.1 Å². The quantitative estimate of drug-likeness (QED) is 0.680. The van der Waals surface area contributed by atoms with Crippen molar-refractivity contribution in [3.05, 3.63) is 0 Å². The third-order valence-electron chi connectivity index (χ3n) is 7.27. The molecule has 0 aromatic rings. The lowest BCUT2D eigenvalue weighted by atomic mass is 9.01. The topological polar surface area (TPSA) is 52.6 Å². The third kappa shape index (κ3) is 0.503. The molecule has 6 fully saturated rings. The largest absolute Gasteiger partial charge is 0.469 e. The van der Waals surface area contributed by atoms with Crippen molar-refractivity contribution in [2.75, 3.05) is 14.2 Å². The molecule has 0 saturated heterocycles. The normalized spacial score (nSPS) is 63.4. The molecule has 0 aliphatic heterocycles. The fourth-order valence-corrected chi connectivity index (χ4v) is 7.42. The summed E-state index contributed by atoms with van der Waals surface area (Å²) in [5.74, 6) is 2.61. The number of rotatable bonds is 2. The second-order valence-electron chi connectivity index (χ2n) is 6.76. The van der Waals surface area contributed by atoms with Crippen LogP contribution in [0.15, 0.2) is 0 Å². The van der Waals surface area contributed by atoms with Crippen molar-refractivity contribution in [3.63, 3.8) is 0 Å². The van der Waals surface area contributed by atoms with Gasteiger partial charge in [0.1, 0.15) is 0 Å². The first kappa shape index (κ1) is 9.82. The fourth-order valence-electron chi connectivity index (χ4n) is 7.42. The molecular formula is C14H16O4. The standard InChI is InChI=1S/C14H16O4/c1-17-11(15)13-6-4-3-5-8-7(6)10(13)14(8,9(5)13)12(16)18-2/h5-10H,3-4H2,1-2H3/t5-,6+,7+,8-,9+,10-,13+,14-/m0/s1. The highest BCUT2D eigenvalue weighted by Gasteiger charge is 3.05. The second-order valence-corrected chi connectivity index (χ2v) is 6.76. The van der Waals surface area contributed by atoms with Crippen molar-refractivity contribution in [1.29, 1.82) is 0 Å². The van der Waals surface area contributed by atoms with Gasteiger partial charge in [0, 0.05) is 0 Å². The van der Waals surface area contributed by atoms with Gasteiger partial charge in [-0.2, -0.15) is 0 Å². The SMILES string of the molecule is COC(=O)[C@]12[C@H]3[C@@H]4CC[C@@H]5[C@H]3[C@H]1[C@]5(C(=O)OC)[C@@H]42. The molecule has 6 saturated carbocycles. The molecule has 4 heteroatoms. The Labute approximate surface area is 105 Å². The van der Waals surface area contributed by atoms with Gasteiger partial charge in [-0.15, -0.1) is 0 Å². The molecule has 6 aliphatic rings. The van der Waals surface area contributed by atoms with Gasteiger partial charge >= 0.3 is 11.9 Å². The second kappa shape index (κ2) is 2.35. The van der Waals surface area contributed by atoms with E-state index >= 15 is 0 Å². The monoisotopic (exact) mass is 248 g/mol. The van der Waals surface area contributed by atoms with Gasteiger partial charge < -0.3 is 9.47 Å². The Morgan fingerprint density at radius 1 is 1.00 bits per heavy atom. The molecule has 18 heavy (non-hydrogen) atoms. The van der Waals surface area contributed by atoms with E-state index in [9.17, 15) is 9.59 Å². The summed E-state index contributed by atoms with van der Waals surface area (Å²) >= 11 is 0. The molecule has 6 rings (SSSR count). The summed E-state index contributed by atoms with van der Waals surface area (Å²) in [4.78, 5) is 24.4. The van der Waals surface area contributed by atoms with Gasteiger partial charge in [-0.3, -0.25) is 9.59 Å². The molecular weight excluding hydrogens is 232 g/mol. The van der Waals surface area contributed by atoms with Gasteiger partial charge in [0.05, 0.1) is 25.0 Å². The predicted octanol–water partition coefficient (Wildman–Crippen LogP) is 0.851. The van der Waals surface area contributed by atoms with Gasteiger partial charge in [-0.1, -0.05) is 0 Å². The highest BCUT2D eigenvalue weighted by molar-refractivity contribution is 5.95. The van der Waals surface area contributed by atoms with Gasteiger partial charge in [0.15, 0.2) is 0 Å². The van der Waals surface area contributed by atoms with Gasteiger partial charge in [0.25, 0.3) is 0 Å². The summed E-state index contributed by atoms with van der Waals surface area (Å²) in [5.41, 5.74) is -0.555. The molecule has 8 atom stereocenters. The van der Waals surface area contributed by atoms with E-state index in [1.165, 1.54) is 20.6 Å². The van der Waals surface area contributed by atoms with Crippen molar-refractivity contribution in [2.45, 2.75) is 12.8 Å². The first-order valence-electron chi connectivity index (χ1n) is 6.85. The highest BCUT2D eigenvalue weighted by Crippen LogP contribution is 3.02. The molecule has 0 aromatic heterocycles. The lowest BCUT2D eigenvalue weighted by Crippen LogP contribution is -3.02. The number of methoxy groups -OCH3 is 2. The van der Waals surface area contributed by atoms with Crippen molar-refractivity contribution in [3.8, 4) is 0 Å². The van der Waals surface area contributed by atoms with E-state index in [0.717, 1.165) is 6.42 Å². The van der Waals surface area contributed by atoms with E-state index in [1.54, 1.807) is 0 Å². The smallest absolute Gasteiger partial charge is 0.312 e. The molecule has 0 N–H and O–H groups in total. The Kier molecular flexibility index (Phi) is 1.28. The highest BCUT2D eigenvalue weighted by atomic mass is 16.5. The fraction of sp³-hybridized carbons (Fsp3) is 0.857. The number of fused-ring (bicyclic) bond motifs is 1. The summed E-state index contributed by atoms with van der Waals surface area (Å²) < 4.78 is 10.1. The van der Waals surface area contributed by atoms with Crippen LogP contribution in [-0.4, -0.2) is 26.2 Å². The molecule has 2 bridgehead atoms. The summed E-state index contributed by atoms with van der Waals surface area (Å²) in [6.45, 7) is 0. The maximum Gasteiger partial charge on any atom is 0.312 e. The van der Waals surface area contributed by atoms with Crippen LogP contribution in [0.3, 0.4) is 0 Å². The van der Waals surface area contributed by atoms with Gasteiger partial charge in [-0.25, -0.2) is 0 Å². The predicted molar refractivity (Wildman–Crippen MR) is 59.1 cm³/mol. The Bertz CT molecular complexity index is 510. The first-order chi connectivity index (χ1) is 8.68. The van der Waals surface area contributed by atoms with Crippen molar-refractivity contribution >= 4 is 11.9 Å². The maximum atomic E-state index is 12.2. The molecule has 0 unspecified atom stereocenters. The van der Waals surface area contributed by atoms with E-state index in [1.807, 2.05) is 0 Å². The first-order valence-corrected chi connectivity index (χ1v) is 6.85. The summed E-state index contributed by atoms with van der Waals surface area (Å²) in [7, 11) is 2.95. The minimum atomic E-state index is -0.286. The van der Waals surface area contributed by atoms with Crippen molar-refractivity contribution < 1.29 is 19.1 Å². The van der Waals surface area contributed by atoms with E-state index in [-0.39, 0.29) is 34.6 Å². The number of hydrogen-bond acceptors (Lipinski definition) is 4. The van der Waals surface area contributed by atoms with Crippen LogP contribution in [0.1, 0.15) is 12.8 Å². The molecule has 0 spiro atoms. The van der Waals surface area contributed by atoms with Crippen LogP contribution in [0.4, 0.5) is 0 Å². The minimum absolute atomic E-state index is 0.0545. The van der Waals surface area contributed by atoms with Gasteiger partial charge in [0.2, 0.25) is 0 Å². The van der Waals surface area contributed by atoms with E-state index in [0.29, 0.717) is 23.7 Å². The summed E-state index contributed by atoms with van der Waals surface area (Å²) in [6, 6.07) is 0. The number of hydrogen-bond donors (Lipinski definition) is 0. The third-order valence-corrected chi connectivity index (χ3v) is 7.27. The summed E-state index contributed by atoms with van der Waals surface area (Å²) in [5, 5.41) is 0. The molecule has 0 amide bonds. The molecule has 0 heterocycles. The van der Waals surface area contributed by atoms with Crippen LogP contribution in [0.2, 0.25) is 0 Å².